The van der Waals surface area contributed by atoms with Crippen molar-refractivity contribution in [3.8, 4) is 0 Å². The number of piperidine rings is 1. The average Bonchev–Trinajstić information content (AvgIpc) is 2.62. The molecule has 1 atom stereocenters. The molecule has 0 aliphatic carbocycles. The van der Waals surface area contributed by atoms with Gasteiger partial charge in [-0.05, 0) is 49.7 Å². The fourth-order valence-electron chi connectivity index (χ4n) is 3.15. The zero-order valence-electron chi connectivity index (χ0n) is 14.5. The van der Waals surface area contributed by atoms with E-state index in [-0.39, 0.29) is 24.3 Å². The summed E-state index contributed by atoms with van der Waals surface area (Å²) in [6.07, 6.45) is 1.67. The average molecular weight is 355 g/mol. The van der Waals surface area contributed by atoms with Crippen LogP contribution in [0.15, 0.2) is 54.6 Å². The summed E-state index contributed by atoms with van der Waals surface area (Å²) >= 11 is 0. The molecule has 0 saturated carbocycles. The lowest BCUT2D eigenvalue weighted by Crippen LogP contribution is -2.43. The molecule has 136 valence electrons. The van der Waals surface area contributed by atoms with E-state index >= 15 is 0 Å². The first-order valence-corrected chi connectivity index (χ1v) is 8.74. The van der Waals surface area contributed by atoms with Crippen LogP contribution in [0, 0.1) is 11.7 Å². The maximum absolute atomic E-state index is 13.2. The van der Waals surface area contributed by atoms with Crippen LogP contribution in [0.1, 0.15) is 12.8 Å². The summed E-state index contributed by atoms with van der Waals surface area (Å²) in [6.45, 7) is 1.49. The van der Waals surface area contributed by atoms with Gasteiger partial charge in [0.2, 0.25) is 11.8 Å². The number of nitrogens with one attached hydrogen (secondary N) is 2. The minimum absolute atomic E-state index is 0.0218. The first kappa shape index (κ1) is 18.1. The maximum Gasteiger partial charge on any atom is 0.238 e. The summed E-state index contributed by atoms with van der Waals surface area (Å²) < 4.78 is 13.2. The van der Waals surface area contributed by atoms with Crippen molar-refractivity contribution < 1.29 is 14.0 Å². The highest BCUT2D eigenvalue weighted by molar-refractivity contribution is 5.93. The van der Waals surface area contributed by atoms with Crippen molar-refractivity contribution in [3.63, 3.8) is 0 Å². The third kappa shape index (κ3) is 5.13. The van der Waals surface area contributed by atoms with Crippen LogP contribution in [0.3, 0.4) is 0 Å². The van der Waals surface area contributed by atoms with Crippen LogP contribution in [0.2, 0.25) is 0 Å². The molecular weight excluding hydrogens is 333 g/mol. The molecule has 1 saturated heterocycles. The van der Waals surface area contributed by atoms with Gasteiger partial charge < -0.3 is 10.6 Å². The Morgan fingerprint density at radius 1 is 1.04 bits per heavy atom. The van der Waals surface area contributed by atoms with Crippen LogP contribution in [0.5, 0.6) is 0 Å². The Kier molecular flexibility index (Phi) is 5.96. The summed E-state index contributed by atoms with van der Waals surface area (Å²) in [4.78, 5) is 26.6. The Morgan fingerprint density at radius 3 is 2.58 bits per heavy atom. The van der Waals surface area contributed by atoms with Gasteiger partial charge in [0.15, 0.2) is 0 Å². The molecule has 2 aromatic rings. The number of halogens is 1. The predicted octanol–water partition coefficient (Wildman–Crippen LogP) is 3.11. The lowest BCUT2D eigenvalue weighted by Gasteiger charge is -2.31. The highest BCUT2D eigenvalue weighted by atomic mass is 19.1. The second kappa shape index (κ2) is 8.58. The van der Waals surface area contributed by atoms with E-state index in [1.807, 2.05) is 35.2 Å². The number of amides is 2. The number of hydrogen-bond acceptors (Lipinski definition) is 3. The Balaban J connectivity index is 1.51. The molecule has 1 aliphatic heterocycles. The number of nitrogens with zero attached hydrogens (tertiary/aromatic N) is 1. The first-order valence-electron chi connectivity index (χ1n) is 8.74. The van der Waals surface area contributed by atoms with Crippen LogP contribution in [0.4, 0.5) is 15.8 Å². The fraction of sp³-hybridized carbons (Fsp3) is 0.300. The Hall–Kier alpha value is -2.73. The third-order valence-corrected chi connectivity index (χ3v) is 4.39. The molecule has 2 aromatic carbocycles. The molecule has 2 N–H and O–H groups in total. The molecule has 0 spiro atoms. The van der Waals surface area contributed by atoms with Gasteiger partial charge in [-0.3, -0.25) is 14.5 Å². The normalized spacial score (nSPS) is 17.5. The molecule has 3 rings (SSSR count). The second-order valence-electron chi connectivity index (χ2n) is 6.49. The van der Waals surface area contributed by atoms with E-state index in [1.54, 1.807) is 12.1 Å². The monoisotopic (exact) mass is 355 g/mol. The highest BCUT2D eigenvalue weighted by Gasteiger charge is 2.26. The molecule has 1 heterocycles. The number of likely N-dealkylation sites (tertiary alicyclic amines) is 1. The fourth-order valence-corrected chi connectivity index (χ4v) is 3.15. The maximum atomic E-state index is 13.2. The zero-order chi connectivity index (χ0) is 18.4. The molecule has 2 amide bonds. The van der Waals surface area contributed by atoms with E-state index in [4.69, 9.17) is 0 Å². The van der Waals surface area contributed by atoms with Crippen molar-refractivity contribution in [3.05, 3.63) is 60.4 Å². The number of carbonyl (C=O) groups is 2. The quantitative estimate of drug-likeness (QED) is 0.866. The van der Waals surface area contributed by atoms with Gasteiger partial charge in [-0.1, -0.05) is 24.3 Å². The van der Waals surface area contributed by atoms with Gasteiger partial charge in [0, 0.05) is 17.9 Å². The number of hydrogen-bond donors (Lipinski definition) is 2. The standard InChI is InChI=1S/C20H22FN3O2/c21-16-7-4-10-18(12-16)22-19(25)14-24-11-5-6-15(13-24)20(26)23-17-8-2-1-3-9-17/h1-4,7-10,12,15H,5-6,11,13-14H2,(H,22,25)(H,23,26)/t15-/m0/s1. The number of benzene rings is 2. The molecule has 26 heavy (non-hydrogen) atoms. The Labute approximate surface area is 152 Å². The van der Waals surface area contributed by atoms with Crippen LogP contribution < -0.4 is 10.6 Å². The van der Waals surface area contributed by atoms with E-state index in [2.05, 4.69) is 10.6 Å². The van der Waals surface area contributed by atoms with Crippen LogP contribution in [-0.4, -0.2) is 36.3 Å². The van der Waals surface area contributed by atoms with Crippen molar-refractivity contribution in [2.45, 2.75) is 12.8 Å². The lowest BCUT2D eigenvalue weighted by atomic mass is 9.97. The topological polar surface area (TPSA) is 61.4 Å². The van der Waals surface area contributed by atoms with Crippen molar-refractivity contribution in [1.29, 1.82) is 0 Å². The van der Waals surface area contributed by atoms with Gasteiger partial charge in [-0.25, -0.2) is 4.39 Å². The van der Waals surface area contributed by atoms with Crippen molar-refractivity contribution in [1.82, 2.24) is 4.90 Å². The molecule has 0 bridgehead atoms. The minimum atomic E-state index is -0.390. The summed E-state index contributed by atoms with van der Waals surface area (Å²) in [5.74, 6) is -0.768. The van der Waals surface area contributed by atoms with Crippen LogP contribution >= 0.6 is 0 Å². The van der Waals surface area contributed by atoms with Gasteiger partial charge in [-0.2, -0.15) is 0 Å². The van der Waals surface area contributed by atoms with Crippen molar-refractivity contribution in [2.24, 2.45) is 5.92 Å². The van der Waals surface area contributed by atoms with Crippen molar-refractivity contribution >= 4 is 23.2 Å². The number of para-hydroxylation sites is 1. The first-order chi connectivity index (χ1) is 12.6. The van der Waals surface area contributed by atoms with Gasteiger partial charge in [0.05, 0.1) is 12.5 Å². The second-order valence-corrected chi connectivity index (χ2v) is 6.49. The van der Waals surface area contributed by atoms with E-state index in [9.17, 15) is 14.0 Å². The van der Waals surface area contributed by atoms with E-state index < -0.39 is 5.82 Å². The largest absolute Gasteiger partial charge is 0.326 e. The molecule has 5 nitrogen and oxygen atoms in total. The van der Waals surface area contributed by atoms with E-state index in [1.165, 1.54) is 12.1 Å². The number of anilines is 2. The van der Waals surface area contributed by atoms with Gasteiger partial charge >= 0.3 is 0 Å². The molecule has 1 fully saturated rings. The molecular formula is C20H22FN3O2. The predicted molar refractivity (Wildman–Crippen MR) is 99.3 cm³/mol. The van der Waals surface area contributed by atoms with E-state index in [0.717, 1.165) is 25.1 Å². The Morgan fingerprint density at radius 2 is 1.81 bits per heavy atom. The SMILES string of the molecule is O=C(CN1CCC[C@H](C(=O)Nc2ccccc2)C1)Nc1cccc(F)c1. The van der Waals surface area contributed by atoms with E-state index in [0.29, 0.717) is 12.2 Å². The molecule has 6 heteroatoms. The summed E-state index contributed by atoms with van der Waals surface area (Å²) in [5.41, 5.74) is 1.21. The third-order valence-electron chi connectivity index (χ3n) is 4.39. The number of rotatable bonds is 5. The smallest absolute Gasteiger partial charge is 0.238 e. The highest BCUT2D eigenvalue weighted by Crippen LogP contribution is 2.19. The summed E-state index contributed by atoms with van der Waals surface area (Å²) in [7, 11) is 0. The molecule has 0 unspecified atom stereocenters. The minimum Gasteiger partial charge on any atom is -0.326 e. The molecule has 0 radical (unpaired) electrons. The summed E-state index contributed by atoms with van der Waals surface area (Å²) in [5, 5.41) is 5.62. The summed E-state index contributed by atoms with van der Waals surface area (Å²) in [6, 6.07) is 15.2. The lowest BCUT2D eigenvalue weighted by molar-refractivity contribution is -0.123. The van der Waals surface area contributed by atoms with Gasteiger partial charge in [0.25, 0.3) is 0 Å². The van der Waals surface area contributed by atoms with Crippen LogP contribution in [0.25, 0.3) is 0 Å². The zero-order valence-corrected chi connectivity index (χ0v) is 14.5. The molecule has 1 aliphatic rings. The molecule has 0 aromatic heterocycles. The van der Waals surface area contributed by atoms with Gasteiger partial charge in [0.1, 0.15) is 5.82 Å². The van der Waals surface area contributed by atoms with Gasteiger partial charge in [-0.15, -0.1) is 0 Å². The number of carbonyl (C=O) groups excluding carboxylic acids is 2. The van der Waals surface area contributed by atoms with Crippen LogP contribution in [-0.2, 0) is 9.59 Å². The Bertz CT molecular complexity index is 767. The van der Waals surface area contributed by atoms with Crippen molar-refractivity contribution in [2.75, 3.05) is 30.3 Å².